The molecule has 0 aliphatic heterocycles. The van der Waals surface area contributed by atoms with Crippen molar-refractivity contribution in [1.82, 2.24) is 0 Å². The van der Waals surface area contributed by atoms with Crippen LogP contribution in [0.15, 0.2) is 155 Å². The Bertz CT molecular complexity index is 2720. The molecule has 0 fully saturated rings. The van der Waals surface area contributed by atoms with Crippen LogP contribution in [-0.2, 0) is 0 Å². The summed E-state index contributed by atoms with van der Waals surface area (Å²) in [6.45, 7) is 0. The van der Waals surface area contributed by atoms with E-state index in [0.29, 0.717) is 0 Å². The predicted octanol–water partition coefficient (Wildman–Crippen LogP) is 12.3. The quantitative estimate of drug-likeness (QED) is 0.155. The third kappa shape index (κ3) is 3.14. The van der Waals surface area contributed by atoms with E-state index in [2.05, 4.69) is 127 Å². The Labute approximate surface area is 252 Å². The first-order valence-corrected chi connectivity index (χ1v) is 15.0. The molecule has 2 aromatic heterocycles. The van der Waals surface area contributed by atoms with Gasteiger partial charge >= 0.3 is 0 Å². The van der Waals surface area contributed by atoms with Crippen molar-refractivity contribution in [3.05, 3.63) is 146 Å². The van der Waals surface area contributed by atoms with Crippen LogP contribution in [0.5, 0.6) is 0 Å². The maximum absolute atomic E-state index is 6.69. The van der Waals surface area contributed by atoms with Crippen LogP contribution in [0.1, 0.15) is 0 Å². The maximum atomic E-state index is 6.69. The van der Waals surface area contributed by atoms with Crippen molar-refractivity contribution < 1.29 is 8.83 Å². The Kier molecular flexibility index (Phi) is 4.75. The fraction of sp³-hybridized carbons (Fsp3) is 0. The lowest BCUT2D eigenvalue weighted by molar-refractivity contribution is 0.615. The molecule has 204 valence electrons. The molecule has 44 heavy (non-hydrogen) atoms. The summed E-state index contributed by atoms with van der Waals surface area (Å²) in [4.78, 5) is 0. The fourth-order valence-corrected chi connectivity index (χ4v) is 7.49. The zero-order valence-corrected chi connectivity index (χ0v) is 23.7. The van der Waals surface area contributed by atoms with Crippen LogP contribution in [0.4, 0.5) is 0 Å². The molecule has 0 amide bonds. The summed E-state index contributed by atoms with van der Waals surface area (Å²) >= 11 is 0. The zero-order valence-electron chi connectivity index (χ0n) is 23.7. The highest BCUT2D eigenvalue weighted by Crippen LogP contribution is 2.49. The molecule has 8 aromatic carbocycles. The second-order valence-corrected chi connectivity index (χ2v) is 11.6. The van der Waals surface area contributed by atoms with Crippen molar-refractivity contribution in [3.63, 3.8) is 0 Å². The monoisotopic (exact) mass is 560 g/mol. The van der Waals surface area contributed by atoms with Gasteiger partial charge in [-0.3, -0.25) is 0 Å². The van der Waals surface area contributed by atoms with Crippen LogP contribution >= 0.6 is 0 Å². The maximum Gasteiger partial charge on any atom is 0.144 e. The van der Waals surface area contributed by atoms with Crippen LogP contribution in [-0.4, -0.2) is 0 Å². The molecule has 2 heterocycles. The molecule has 10 aromatic rings. The van der Waals surface area contributed by atoms with Gasteiger partial charge in [-0.2, -0.15) is 0 Å². The average molecular weight is 561 g/mol. The number of hydrogen-bond acceptors (Lipinski definition) is 2. The minimum atomic E-state index is 0.858. The molecule has 0 atom stereocenters. The predicted molar refractivity (Wildman–Crippen MR) is 184 cm³/mol. The van der Waals surface area contributed by atoms with Gasteiger partial charge in [-0.05, 0) is 78.5 Å². The molecule has 0 aliphatic rings. The number of benzene rings is 8. The van der Waals surface area contributed by atoms with Gasteiger partial charge in [-0.15, -0.1) is 0 Å². The van der Waals surface area contributed by atoms with E-state index in [-0.39, 0.29) is 0 Å². The van der Waals surface area contributed by atoms with Crippen molar-refractivity contribution in [1.29, 1.82) is 0 Å². The number of furan rings is 2. The van der Waals surface area contributed by atoms with E-state index in [1.807, 2.05) is 12.1 Å². The van der Waals surface area contributed by atoms with Gasteiger partial charge in [0.2, 0.25) is 0 Å². The van der Waals surface area contributed by atoms with Gasteiger partial charge in [0.1, 0.15) is 16.7 Å². The molecule has 0 saturated heterocycles. The molecular formula is C42H24O2. The van der Waals surface area contributed by atoms with Gasteiger partial charge in [0.15, 0.2) is 0 Å². The molecule has 2 heteroatoms. The van der Waals surface area contributed by atoms with Gasteiger partial charge in [0, 0.05) is 27.3 Å². The summed E-state index contributed by atoms with van der Waals surface area (Å²) in [6, 6.07) is 50.0. The van der Waals surface area contributed by atoms with E-state index < -0.39 is 0 Å². The molecular weight excluding hydrogens is 536 g/mol. The highest BCUT2D eigenvalue weighted by Gasteiger charge is 2.23. The summed E-state index contributed by atoms with van der Waals surface area (Å²) in [5.74, 6) is 0. The second-order valence-electron chi connectivity index (χ2n) is 11.6. The lowest BCUT2D eigenvalue weighted by atomic mass is 9.83. The van der Waals surface area contributed by atoms with Crippen LogP contribution in [0.2, 0.25) is 0 Å². The Balaban J connectivity index is 1.41. The summed E-state index contributed by atoms with van der Waals surface area (Å²) in [7, 11) is 0. The molecule has 0 saturated carbocycles. The van der Waals surface area contributed by atoms with Gasteiger partial charge in [0.25, 0.3) is 0 Å². The largest absolute Gasteiger partial charge is 0.464 e. The summed E-state index contributed by atoms with van der Waals surface area (Å²) in [5.41, 5.74) is 7.32. The first-order valence-electron chi connectivity index (χ1n) is 15.0. The van der Waals surface area contributed by atoms with E-state index in [1.165, 1.54) is 54.2 Å². The third-order valence-corrected chi connectivity index (χ3v) is 9.32. The Morgan fingerprint density at radius 1 is 0.364 bits per heavy atom. The number of rotatable bonds is 2. The molecule has 0 aliphatic carbocycles. The van der Waals surface area contributed by atoms with Crippen molar-refractivity contribution in [2.75, 3.05) is 0 Å². The molecule has 0 radical (unpaired) electrons. The number of para-hydroxylation sites is 1. The Hall–Kier alpha value is -5.86. The van der Waals surface area contributed by atoms with E-state index in [1.54, 1.807) is 6.26 Å². The van der Waals surface area contributed by atoms with Gasteiger partial charge < -0.3 is 8.83 Å². The average Bonchev–Trinajstić information content (AvgIpc) is 3.71. The minimum absolute atomic E-state index is 0.858. The van der Waals surface area contributed by atoms with Gasteiger partial charge in [-0.1, -0.05) is 115 Å². The third-order valence-electron chi connectivity index (χ3n) is 9.32. The highest BCUT2D eigenvalue weighted by molar-refractivity contribution is 6.29. The second kappa shape index (κ2) is 8.82. The highest BCUT2D eigenvalue weighted by atomic mass is 16.3. The SMILES string of the molecule is c1ccc2c(c1)cc(-c1c3ccccc3c(-c3cc4occc4c4c3oc3ccccc34)c3ccccc13)c1ccccc12. The fourth-order valence-electron chi connectivity index (χ4n) is 7.49. The van der Waals surface area contributed by atoms with Crippen LogP contribution in [0.3, 0.4) is 0 Å². The first-order chi connectivity index (χ1) is 21.8. The molecule has 0 bridgehead atoms. The molecule has 0 unspecified atom stereocenters. The van der Waals surface area contributed by atoms with Crippen molar-refractivity contribution in [2.24, 2.45) is 0 Å². The van der Waals surface area contributed by atoms with Crippen LogP contribution < -0.4 is 0 Å². The van der Waals surface area contributed by atoms with E-state index in [9.17, 15) is 0 Å². The molecule has 0 spiro atoms. The number of hydrogen-bond donors (Lipinski definition) is 0. The van der Waals surface area contributed by atoms with Crippen LogP contribution in [0.25, 0.3) is 98.3 Å². The first kappa shape index (κ1) is 23.7. The summed E-state index contributed by atoms with van der Waals surface area (Å²) in [5, 5.41) is 13.1. The summed E-state index contributed by atoms with van der Waals surface area (Å²) < 4.78 is 12.8. The smallest absolute Gasteiger partial charge is 0.144 e. The molecule has 10 rings (SSSR count). The van der Waals surface area contributed by atoms with Gasteiger partial charge in [0.05, 0.1) is 6.26 Å². The van der Waals surface area contributed by atoms with E-state index in [4.69, 9.17) is 8.83 Å². The zero-order chi connectivity index (χ0) is 28.8. The van der Waals surface area contributed by atoms with Crippen LogP contribution in [0, 0.1) is 0 Å². The summed E-state index contributed by atoms with van der Waals surface area (Å²) in [6.07, 6.45) is 1.78. The Morgan fingerprint density at radius 3 is 1.59 bits per heavy atom. The Morgan fingerprint density at radius 2 is 0.886 bits per heavy atom. The lowest BCUT2D eigenvalue weighted by Crippen LogP contribution is -1.92. The number of fused-ring (bicyclic) bond motifs is 10. The topological polar surface area (TPSA) is 26.3 Å². The van der Waals surface area contributed by atoms with Crippen molar-refractivity contribution in [2.45, 2.75) is 0 Å². The van der Waals surface area contributed by atoms with Crippen molar-refractivity contribution >= 4 is 76.0 Å². The minimum Gasteiger partial charge on any atom is -0.464 e. The van der Waals surface area contributed by atoms with E-state index in [0.717, 1.165) is 44.0 Å². The molecule has 2 nitrogen and oxygen atoms in total. The normalized spacial score (nSPS) is 12.1. The lowest BCUT2D eigenvalue weighted by Gasteiger charge is -2.19. The standard InChI is InChI=1S/C42H24O2/c1-2-12-26-25(11-1)23-35(28-14-4-3-13-27(26)28)39-29-15-5-7-17-31(29)40(32-18-8-6-16-30(32)39)36-24-38-34(21-22-43-38)41-33-19-9-10-20-37(33)44-42(36)41/h1-24H. The van der Waals surface area contributed by atoms with Gasteiger partial charge in [-0.25, -0.2) is 0 Å². The van der Waals surface area contributed by atoms with Crippen molar-refractivity contribution in [3.8, 4) is 22.3 Å². The van der Waals surface area contributed by atoms with E-state index >= 15 is 0 Å². The molecule has 0 N–H and O–H groups in total.